The molecule has 0 saturated carbocycles. The Morgan fingerprint density at radius 1 is 1.03 bits per heavy atom. The van der Waals surface area contributed by atoms with Crippen molar-refractivity contribution in [3.8, 4) is 17.2 Å². The van der Waals surface area contributed by atoms with E-state index in [4.69, 9.17) is 18.6 Å². The second kappa shape index (κ2) is 9.16. The minimum Gasteiger partial charge on any atom is -0.493 e. The van der Waals surface area contributed by atoms with Crippen molar-refractivity contribution in [2.24, 2.45) is 0 Å². The number of ether oxygens (including phenoxy) is 3. The van der Waals surface area contributed by atoms with E-state index in [9.17, 15) is 19.7 Å². The molecule has 0 fully saturated rings. The third-order valence-corrected chi connectivity index (χ3v) is 4.61. The zero-order valence-corrected chi connectivity index (χ0v) is 17.1. The molecular weight excluding hydrogens is 408 g/mol. The van der Waals surface area contributed by atoms with E-state index in [0.29, 0.717) is 17.9 Å². The van der Waals surface area contributed by atoms with E-state index in [-0.39, 0.29) is 34.5 Å². The standard InChI is InChI=1S/C21H20N2O8/c1-28-16-5-4-12(8-17(16)29-2)6-7-22-20(24)15-10-13-9-14(23(26)27)11-18(30-3)19(13)31-21(15)25/h4-5,8-11H,6-7H2,1-3H3,(H,22,24). The average Bonchev–Trinajstić information content (AvgIpc) is 2.77. The maximum atomic E-state index is 12.5. The molecular formula is C21H20N2O8. The second-order valence-corrected chi connectivity index (χ2v) is 6.47. The lowest BCUT2D eigenvalue weighted by Crippen LogP contribution is -2.29. The summed E-state index contributed by atoms with van der Waals surface area (Å²) in [5.41, 5.74) is -0.465. The first-order valence-corrected chi connectivity index (χ1v) is 9.17. The van der Waals surface area contributed by atoms with Crippen molar-refractivity contribution in [3.63, 3.8) is 0 Å². The van der Waals surface area contributed by atoms with Crippen LogP contribution >= 0.6 is 0 Å². The molecule has 0 bridgehead atoms. The molecule has 162 valence electrons. The topological polar surface area (TPSA) is 130 Å². The summed E-state index contributed by atoms with van der Waals surface area (Å²) in [6.45, 7) is 0.240. The molecule has 1 heterocycles. The smallest absolute Gasteiger partial charge is 0.349 e. The molecule has 10 heteroatoms. The van der Waals surface area contributed by atoms with Crippen LogP contribution < -0.4 is 25.2 Å². The number of carbonyl (C=O) groups excluding carboxylic acids is 1. The molecule has 1 aromatic heterocycles. The Labute approximate surface area is 176 Å². The van der Waals surface area contributed by atoms with Crippen LogP contribution in [0.1, 0.15) is 15.9 Å². The number of methoxy groups -OCH3 is 3. The molecule has 0 radical (unpaired) electrons. The van der Waals surface area contributed by atoms with Gasteiger partial charge >= 0.3 is 5.63 Å². The van der Waals surface area contributed by atoms with Crippen LogP contribution in [0.3, 0.4) is 0 Å². The van der Waals surface area contributed by atoms with Crippen LogP contribution in [-0.4, -0.2) is 38.7 Å². The summed E-state index contributed by atoms with van der Waals surface area (Å²) in [6, 6.07) is 9.00. The second-order valence-electron chi connectivity index (χ2n) is 6.47. The minimum atomic E-state index is -0.872. The van der Waals surface area contributed by atoms with E-state index in [1.807, 2.05) is 6.07 Å². The van der Waals surface area contributed by atoms with Crippen LogP contribution in [0.2, 0.25) is 0 Å². The third-order valence-electron chi connectivity index (χ3n) is 4.61. The Morgan fingerprint density at radius 3 is 2.39 bits per heavy atom. The predicted molar refractivity (Wildman–Crippen MR) is 111 cm³/mol. The van der Waals surface area contributed by atoms with Crippen LogP contribution in [0.4, 0.5) is 5.69 Å². The Balaban J connectivity index is 1.80. The van der Waals surface area contributed by atoms with E-state index in [2.05, 4.69) is 5.32 Å². The molecule has 3 aromatic rings. The summed E-state index contributed by atoms with van der Waals surface area (Å²) < 4.78 is 20.7. The van der Waals surface area contributed by atoms with Gasteiger partial charge in [-0.25, -0.2) is 4.79 Å². The van der Waals surface area contributed by atoms with E-state index in [1.165, 1.54) is 33.5 Å². The number of non-ortho nitro benzene ring substituents is 1. The van der Waals surface area contributed by atoms with Crippen LogP contribution in [-0.2, 0) is 6.42 Å². The predicted octanol–water partition coefficient (Wildman–Crippen LogP) is 2.70. The van der Waals surface area contributed by atoms with Crippen LogP contribution in [0.5, 0.6) is 17.2 Å². The lowest BCUT2D eigenvalue weighted by atomic mass is 10.1. The summed E-state index contributed by atoms with van der Waals surface area (Å²) in [7, 11) is 4.37. The van der Waals surface area contributed by atoms with Gasteiger partial charge < -0.3 is 23.9 Å². The van der Waals surface area contributed by atoms with Crippen LogP contribution in [0.25, 0.3) is 11.0 Å². The number of nitro groups is 1. The maximum absolute atomic E-state index is 12.5. The molecule has 0 saturated heterocycles. The van der Waals surface area contributed by atoms with E-state index >= 15 is 0 Å². The molecule has 0 unspecified atom stereocenters. The number of nitrogens with one attached hydrogen (secondary N) is 1. The molecule has 0 aliphatic carbocycles. The van der Waals surface area contributed by atoms with Gasteiger partial charge in [-0.1, -0.05) is 6.07 Å². The Kier molecular flexibility index (Phi) is 6.39. The number of carbonyl (C=O) groups is 1. The summed E-state index contributed by atoms with van der Waals surface area (Å²) in [5.74, 6) is 0.536. The summed E-state index contributed by atoms with van der Waals surface area (Å²) in [6.07, 6.45) is 0.476. The maximum Gasteiger partial charge on any atom is 0.349 e. The third kappa shape index (κ3) is 4.58. The quantitative estimate of drug-likeness (QED) is 0.329. The van der Waals surface area contributed by atoms with Gasteiger partial charge in [0, 0.05) is 18.0 Å². The fourth-order valence-electron chi connectivity index (χ4n) is 3.05. The molecule has 0 aliphatic rings. The lowest BCUT2D eigenvalue weighted by molar-refractivity contribution is -0.384. The van der Waals surface area contributed by atoms with Crippen molar-refractivity contribution < 1.29 is 28.3 Å². The lowest BCUT2D eigenvalue weighted by Gasteiger charge is -2.10. The number of fused-ring (bicyclic) bond motifs is 1. The monoisotopic (exact) mass is 428 g/mol. The Morgan fingerprint density at radius 2 is 1.74 bits per heavy atom. The zero-order chi connectivity index (χ0) is 22.5. The summed E-state index contributed by atoms with van der Waals surface area (Å²) in [5, 5.41) is 14.0. The van der Waals surface area contributed by atoms with Gasteiger partial charge in [0.15, 0.2) is 22.8 Å². The average molecular weight is 428 g/mol. The van der Waals surface area contributed by atoms with E-state index in [0.717, 1.165) is 11.6 Å². The molecule has 0 spiro atoms. The van der Waals surface area contributed by atoms with Crippen molar-refractivity contribution in [2.75, 3.05) is 27.9 Å². The molecule has 1 amide bonds. The van der Waals surface area contributed by atoms with Crippen LogP contribution in [0, 0.1) is 10.1 Å². The van der Waals surface area contributed by atoms with Gasteiger partial charge in [-0.3, -0.25) is 14.9 Å². The highest BCUT2D eigenvalue weighted by Crippen LogP contribution is 2.30. The first kappa shape index (κ1) is 21.6. The number of nitro benzene ring substituents is 1. The molecule has 1 N–H and O–H groups in total. The number of benzene rings is 2. The van der Waals surface area contributed by atoms with E-state index in [1.54, 1.807) is 12.1 Å². The normalized spacial score (nSPS) is 10.5. The van der Waals surface area contributed by atoms with Gasteiger partial charge in [0.05, 0.1) is 32.3 Å². The molecule has 2 aromatic carbocycles. The number of rotatable bonds is 8. The molecule has 0 aliphatic heterocycles. The fraction of sp³-hybridized carbons (Fsp3) is 0.238. The number of hydrogen-bond acceptors (Lipinski definition) is 8. The van der Waals surface area contributed by atoms with Gasteiger partial charge in [0.1, 0.15) is 5.56 Å². The molecule has 31 heavy (non-hydrogen) atoms. The van der Waals surface area contributed by atoms with Crippen molar-refractivity contribution in [2.45, 2.75) is 6.42 Å². The van der Waals surface area contributed by atoms with Gasteiger partial charge in [-0.05, 0) is 30.2 Å². The number of hydrogen-bond donors (Lipinski definition) is 1. The van der Waals surface area contributed by atoms with Crippen molar-refractivity contribution >= 4 is 22.6 Å². The summed E-state index contributed by atoms with van der Waals surface area (Å²) in [4.78, 5) is 35.3. The van der Waals surface area contributed by atoms with Crippen molar-refractivity contribution in [1.82, 2.24) is 5.32 Å². The van der Waals surface area contributed by atoms with Crippen molar-refractivity contribution in [1.29, 1.82) is 0 Å². The molecule has 10 nitrogen and oxygen atoms in total. The SMILES string of the molecule is COc1ccc(CCNC(=O)c2cc3cc([N+](=O)[O-])cc(OC)c3oc2=O)cc1OC. The van der Waals surface area contributed by atoms with Crippen LogP contribution in [0.15, 0.2) is 45.6 Å². The van der Waals surface area contributed by atoms with E-state index < -0.39 is 16.5 Å². The van der Waals surface area contributed by atoms with Gasteiger partial charge in [0.2, 0.25) is 0 Å². The highest BCUT2D eigenvalue weighted by Gasteiger charge is 2.19. The fourth-order valence-corrected chi connectivity index (χ4v) is 3.05. The Hall–Kier alpha value is -4.08. The highest BCUT2D eigenvalue weighted by molar-refractivity contribution is 5.97. The summed E-state index contributed by atoms with van der Waals surface area (Å²) >= 11 is 0. The van der Waals surface area contributed by atoms with Gasteiger partial charge in [0.25, 0.3) is 11.6 Å². The Bertz CT molecular complexity index is 1200. The van der Waals surface area contributed by atoms with Gasteiger partial charge in [-0.15, -0.1) is 0 Å². The minimum absolute atomic E-state index is 0.0278. The molecule has 3 rings (SSSR count). The first-order valence-electron chi connectivity index (χ1n) is 9.17. The highest BCUT2D eigenvalue weighted by atomic mass is 16.6. The largest absolute Gasteiger partial charge is 0.493 e. The zero-order valence-electron chi connectivity index (χ0n) is 17.1. The number of nitrogens with zero attached hydrogens (tertiary/aromatic N) is 1. The van der Waals surface area contributed by atoms with Crippen molar-refractivity contribution in [3.05, 3.63) is 68.1 Å². The van der Waals surface area contributed by atoms with Gasteiger partial charge in [-0.2, -0.15) is 0 Å². The first-order chi connectivity index (χ1) is 14.9. The molecule has 0 atom stereocenters. The number of amides is 1.